The van der Waals surface area contributed by atoms with Gasteiger partial charge in [-0.05, 0) is 37.6 Å². The van der Waals surface area contributed by atoms with E-state index in [0.29, 0.717) is 5.92 Å². The summed E-state index contributed by atoms with van der Waals surface area (Å²) in [6, 6.07) is 0. The fraction of sp³-hybridized carbons (Fsp3) is 0.929. The summed E-state index contributed by atoms with van der Waals surface area (Å²) in [6.45, 7) is 5.17. The largest absolute Gasteiger partial charge is 0.356 e. The Morgan fingerprint density at radius 1 is 1.24 bits per heavy atom. The number of hydrogen-bond acceptors (Lipinski definition) is 2. The molecule has 3 nitrogen and oxygen atoms in total. The molecule has 1 saturated carbocycles. The smallest absolute Gasteiger partial charge is 0.224 e. The van der Waals surface area contributed by atoms with E-state index in [2.05, 4.69) is 17.6 Å². The summed E-state index contributed by atoms with van der Waals surface area (Å²) >= 11 is 0. The van der Waals surface area contributed by atoms with Crippen LogP contribution in [0.5, 0.6) is 0 Å². The van der Waals surface area contributed by atoms with E-state index < -0.39 is 0 Å². The number of piperidine rings is 1. The van der Waals surface area contributed by atoms with Crippen LogP contribution in [-0.2, 0) is 4.79 Å². The third-order valence-corrected chi connectivity index (χ3v) is 4.50. The van der Waals surface area contributed by atoms with Gasteiger partial charge < -0.3 is 10.6 Å². The molecule has 1 aliphatic carbocycles. The van der Waals surface area contributed by atoms with Crippen LogP contribution in [-0.4, -0.2) is 25.5 Å². The molecule has 2 fully saturated rings. The number of amides is 1. The molecular weight excluding hydrogens is 212 g/mol. The van der Waals surface area contributed by atoms with Gasteiger partial charge in [0, 0.05) is 13.1 Å². The SMILES string of the molecule is CC1CCCCC1CNC(=O)C1CCCNC1. The summed E-state index contributed by atoms with van der Waals surface area (Å²) in [4.78, 5) is 12.0. The van der Waals surface area contributed by atoms with Crippen molar-refractivity contribution in [1.29, 1.82) is 0 Å². The van der Waals surface area contributed by atoms with E-state index in [4.69, 9.17) is 0 Å². The highest BCUT2D eigenvalue weighted by Gasteiger charge is 2.24. The van der Waals surface area contributed by atoms with E-state index in [1.165, 1.54) is 25.7 Å². The van der Waals surface area contributed by atoms with Gasteiger partial charge in [0.05, 0.1) is 5.92 Å². The van der Waals surface area contributed by atoms with Crippen molar-refractivity contribution in [1.82, 2.24) is 10.6 Å². The van der Waals surface area contributed by atoms with Crippen LogP contribution in [0.2, 0.25) is 0 Å². The van der Waals surface area contributed by atoms with Gasteiger partial charge in [-0.2, -0.15) is 0 Å². The van der Waals surface area contributed by atoms with Gasteiger partial charge in [0.15, 0.2) is 0 Å². The van der Waals surface area contributed by atoms with Crippen molar-refractivity contribution < 1.29 is 4.79 Å². The molecule has 98 valence electrons. The van der Waals surface area contributed by atoms with Crippen molar-refractivity contribution >= 4 is 5.91 Å². The first-order valence-electron chi connectivity index (χ1n) is 7.26. The Bertz CT molecular complexity index is 249. The Balaban J connectivity index is 1.71. The lowest BCUT2D eigenvalue weighted by Gasteiger charge is -2.30. The molecule has 2 rings (SSSR count). The lowest BCUT2D eigenvalue weighted by Crippen LogP contribution is -2.42. The number of hydrogen-bond donors (Lipinski definition) is 2. The summed E-state index contributed by atoms with van der Waals surface area (Å²) in [5, 5.41) is 6.48. The lowest BCUT2D eigenvalue weighted by molar-refractivity contribution is -0.125. The molecule has 0 radical (unpaired) electrons. The zero-order valence-corrected chi connectivity index (χ0v) is 11.0. The van der Waals surface area contributed by atoms with Crippen molar-refractivity contribution in [2.75, 3.05) is 19.6 Å². The molecule has 17 heavy (non-hydrogen) atoms. The second-order valence-electron chi connectivity index (χ2n) is 5.81. The first-order valence-corrected chi connectivity index (χ1v) is 7.26. The first-order chi connectivity index (χ1) is 8.27. The third kappa shape index (κ3) is 3.70. The molecule has 2 N–H and O–H groups in total. The average Bonchev–Trinajstić information content (AvgIpc) is 2.38. The van der Waals surface area contributed by atoms with Crippen LogP contribution in [0.1, 0.15) is 45.4 Å². The Morgan fingerprint density at radius 2 is 2.06 bits per heavy atom. The fourth-order valence-electron chi connectivity index (χ4n) is 3.15. The summed E-state index contributed by atoms with van der Waals surface area (Å²) in [6.07, 6.45) is 7.54. The van der Waals surface area contributed by atoms with Gasteiger partial charge in [0.2, 0.25) is 5.91 Å². The predicted octanol–water partition coefficient (Wildman–Crippen LogP) is 1.93. The van der Waals surface area contributed by atoms with Crippen molar-refractivity contribution in [3.63, 3.8) is 0 Å². The highest BCUT2D eigenvalue weighted by Crippen LogP contribution is 2.28. The Hall–Kier alpha value is -0.570. The number of carbonyl (C=O) groups excluding carboxylic acids is 1. The molecule has 3 unspecified atom stereocenters. The molecule has 1 aliphatic heterocycles. The molecule has 0 aromatic rings. The minimum Gasteiger partial charge on any atom is -0.356 e. The minimum absolute atomic E-state index is 0.211. The van der Waals surface area contributed by atoms with Gasteiger partial charge in [0.1, 0.15) is 0 Å². The second-order valence-corrected chi connectivity index (χ2v) is 5.81. The predicted molar refractivity (Wildman–Crippen MR) is 69.7 cm³/mol. The van der Waals surface area contributed by atoms with Crippen LogP contribution >= 0.6 is 0 Å². The Morgan fingerprint density at radius 3 is 2.76 bits per heavy atom. The minimum atomic E-state index is 0.211. The van der Waals surface area contributed by atoms with E-state index in [9.17, 15) is 4.79 Å². The van der Waals surface area contributed by atoms with Crippen molar-refractivity contribution in [3.05, 3.63) is 0 Å². The van der Waals surface area contributed by atoms with Crippen molar-refractivity contribution in [3.8, 4) is 0 Å². The first kappa shape index (κ1) is 12.9. The third-order valence-electron chi connectivity index (χ3n) is 4.50. The number of nitrogens with one attached hydrogen (secondary N) is 2. The molecule has 3 heteroatoms. The highest BCUT2D eigenvalue weighted by molar-refractivity contribution is 5.78. The average molecular weight is 238 g/mol. The summed E-state index contributed by atoms with van der Waals surface area (Å²) < 4.78 is 0. The molecule has 2 aliphatic rings. The van der Waals surface area contributed by atoms with Gasteiger partial charge in [-0.3, -0.25) is 4.79 Å². The number of carbonyl (C=O) groups is 1. The maximum Gasteiger partial charge on any atom is 0.224 e. The molecule has 0 aromatic heterocycles. The molecule has 1 heterocycles. The normalized spacial score (nSPS) is 34.3. The van der Waals surface area contributed by atoms with Gasteiger partial charge in [0.25, 0.3) is 0 Å². The molecule has 1 amide bonds. The zero-order valence-electron chi connectivity index (χ0n) is 11.0. The standard InChI is InChI=1S/C14H26N2O/c1-11-5-2-3-6-12(11)10-16-14(17)13-7-4-8-15-9-13/h11-13,15H,2-10H2,1H3,(H,16,17). The van der Waals surface area contributed by atoms with Gasteiger partial charge in [-0.15, -0.1) is 0 Å². The molecule has 3 atom stereocenters. The lowest BCUT2D eigenvalue weighted by atomic mass is 9.80. The van der Waals surface area contributed by atoms with Gasteiger partial charge in [-0.1, -0.05) is 26.2 Å². The maximum absolute atomic E-state index is 12.0. The van der Waals surface area contributed by atoms with Gasteiger partial charge in [-0.25, -0.2) is 0 Å². The molecule has 1 saturated heterocycles. The zero-order chi connectivity index (χ0) is 12.1. The molecule has 0 spiro atoms. The molecule has 0 bridgehead atoms. The van der Waals surface area contributed by atoms with Crippen LogP contribution in [0.15, 0.2) is 0 Å². The quantitative estimate of drug-likeness (QED) is 0.789. The van der Waals surface area contributed by atoms with Crippen LogP contribution < -0.4 is 10.6 Å². The summed E-state index contributed by atoms with van der Waals surface area (Å²) in [5.41, 5.74) is 0. The van der Waals surface area contributed by atoms with Gasteiger partial charge >= 0.3 is 0 Å². The topological polar surface area (TPSA) is 41.1 Å². The van der Waals surface area contributed by atoms with E-state index in [0.717, 1.165) is 38.4 Å². The number of rotatable bonds is 3. The van der Waals surface area contributed by atoms with Crippen LogP contribution in [0.25, 0.3) is 0 Å². The van der Waals surface area contributed by atoms with E-state index in [-0.39, 0.29) is 11.8 Å². The second kappa shape index (κ2) is 6.39. The van der Waals surface area contributed by atoms with Crippen LogP contribution in [0.3, 0.4) is 0 Å². The van der Waals surface area contributed by atoms with Crippen molar-refractivity contribution in [2.24, 2.45) is 17.8 Å². The molecule has 0 aromatic carbocycles. The van der Waals surface area contributed by atoms with E-state index in [1.807, 2.05) is 0 Å². The van der Waals surface area contributed by atoms with Crippen LogP contribution in [0.4, 0.5) is 0 Å². The van der Waals surface area contributed by atoms with Crippen molar-refractivity contribution in [2.45, 2.75) is 45.4 Å². The highest BCUT2D eigenvalue weighted by atomic mass is 16.1. The fourth-order valence-corrected chi connectivity index (χ4v) is 3.15. The van der Waals surface area contributed by atoms with E-state index >= 15 is 0 Å². The Kier molecular flexibility index (Phi) is 4.84. The Labute approximate surface area is 105 Å². The molecular formula is C14H26N2O. The maximum atomic E-state index is 12.0. The van der Waals surface area contributed by atoms with Crippen LogP contribution in [0, 0.1) is 17.8 Å². The van der Waals surface area contributed by atoms with E-state index in [1.54, 1.807) is 0 Å². The monoisotopic (exact) mass is 238 g/mol. The summed E-state index contributed by atoms with van der Waals surface area (Å²) in [5.74, 6) is 1.98. The summed E-state index contributed by atoms with van der Waals surface area (Å²) in [7, 11) is 0.